The standard InChI is InChI=1S/C16H22FNO/c1-13-7-9-16(12-19,10-8-13)11-18(2)15-5-3-14(17)4-6-15/h3-6,12-13H,7-11H2,1-2H3. The molecule has 3 heteroatoms. The van der Waals surface area contributed by atoms with Crippen LogP contribution < -0.4 is 4.90 Å². The summed E-state index contributed by atoms with van der Waals surface area (Å²) in [6.07, 6.45) is 5.30. The van der Waals surface area contributed by atoms with Crippen LogP contribution in [-0.4, -0.2) is 19.9 Å². The van der Waals surface area contributed by atoms with Gasteiger partial charge in [0.15, 0.2) is 0 Å². The first-order valence-corrected chi connectivity index (χ1v) is 6.98. The van der Waals surface area contributed by atoms with Crippen LogP contribution in [0.2, 0.25) is 0 Å². The van der Waals surface area contributed by atoms with E-state index in [0.717, 1.165) is 50.1 Å². The largest absolute Gasteiger partial charge is 0.374 e. The number of benzene rings is 1. The van der Waals surface area contributed by atoms with E-state index in [2.05, 4.69) is 11.8 Å². The molecule has 1 aliphatic carbocycles. The molecular formula is C16H22FNO. The van der Waals surface area contributed by atoms with Crippen LogP contribution in [0.15, 0.2) is 24.3 Å². The van der Waals surface area contributed by atoms with Gasteiger partial charge >= 0.3 is 0 Å². The average molecular weight is 263 g/mol. The van der Waals surface area contributed by atoms with Gasteiger partial charge in [-0.3, -0.25) is 0 Å². The van der Waals surface area contributed by atoms with Gasteiger partial charge in [-0.15, -0.1) is 0 Å². The lowest BCUT2D eigenvalue weighted by Gasteiger charge is -2.38. The lowest BCUT2D eigenvalue weighted by Crippen LogP contribution is -2.39. The van der Waals surface area contributed by atoms with E-state index in [1.165, 1.54) is 12.1 Å². The topological polar surface area (TPSA) is 20.3 Å². The van der Waals surface area contributed by atoms with Crippen LogP contribution in [-0.2, 0) is 4.79 Å². The van der Waals surface area contributed by atoms with Crippen LogP contribution >= 0.6 is 0 Å². The first-order chi connectivity index (χ1) is 9.04. The molecule has 1 saturated carbocycles. The van der Waals surface area contributed by atoms with Crippen molar-refractivity contribution < 1.29 is 9.18 Å². The van der Waals surface area contributed by atoms with Crippen LogP contribution in [0.4, 0.5) is 10.1 Å². The van der Waals surface area contributed by atoms with Crippen molar-refractivity contribution in [1.29, 1.82) is 0 Å². The molecule has 2 rings (SSSR count). The molecule has 1 aromatic carbocycles. The van der Waals surface area contributed by atoms with Gasteiger partial charge in [0, 0.05) is 24.7 Å². The fraction of sp³-hybridized carbons (Fsp3) is 0.562. The normalized spacial score (nSPS) is 27.0. The number of halogens is 1. The summed E-state index contributed by atoms with van der Waals surface area (Å²) in [7, 11) is 1.97. The van der Waals surface area contributed by atoms with Crippen LogP contribution in [0, 0.1) is 17.2 Å². The zero-order chi connectivity index (χ0) is 13.9. The Morgan fingerprint density at radius 3 is 2.42 bits per heavy atom. The maximum Gasteiger partial charge on any atom is 0.127 e. The second-order valence-corrected chi connectivity index (χ2v) is 6.00. The lowest BCUT2D eigenvalue weighted by atomic mass is 9.71. The molecule has 0 saturated heterocycles. The van der Waals surface area contributed by atoms with E-state index in [0.29, 0.717) is 0 Å². The SMILES string of the molecule is CC1CCC(C=O)(CN(C)c2ccc(F)cc2)CC1. The first kappa shape index (κ1) is 14.0. The van der Waals surface area contributed by atoms with Crippen LogP contribution in [0.1, 0.15) is 32.6 Å². The zero-order valence-corrected chi connectivity index (χ0v) is 11.7. The van der Waals surface area contributed by atoms with Gasteiger partial charge in [-0.05, 0) is 55.9 Å². The molecule has 0 unspecified atom stereocenters. The van der Waals surface area contributed by atoms with E-state index in [1.54, 1.807) is 12.1 Å². The summed E-state index contributed by atoms with van der Waals surface area (Å²) in [5.74, 6) is 0.498. The third-order valence-corrected chi connectivity index (χ3v) is 4.34. The Balaban J connectivity index is 2.05. The van der Waals surface area contributed by atoms with Crippen molar-refractivity contribution >= 4 is 12.0 Å². The molecule has 0 aliphatic heterocycles. The second-order valence-electron chi connectivity index (χ2n) is 6.00. The summed E-state index contributed by atoms with van der Waals surface area (Å²) in [5, 5.41) is 0. The Kier molecular flexibility index (Phi) is 4.23. The molecule has 0 bridgehead atoms. The molecule has 19 heavy (non-hydrogen) atoms. The molecule has 2 nitrogen and oxygen atoms in total. The average Bonchev–Trinajstić information content (AvgIpc) is 2.42. The maximum atomic E-state index is 12.9. The molecule has 1 fully saturated rings. The van der Waals surface area contributed by atoms with Gasteiger partial charge in [-0.2, -0.15) is 0 Å². The molecular weight excluding hydrogens is 241 g/mol. The summed E-state index contributed by atoms with van der Waals surface area (Å²) >= 11 is 0. The number of rotatable bonds is 4. The van der Waals surface area contributed by atoms with E-state index in [1.807, 2.05) is 7.05 Å². The highest BCUT2D eigenvalue weighted by Crippen LogP contribution is 2.38. The van der Waals surface area contributed by atoms with E-state index < -0.39 is 0 Å². The van der Waals surface area contributed by atoms with Gasteiger partial charge in [0.05, 0.1) is 0 Å². The zero-order valence-electron chi connectivity index (χ0n) is 11.7. The monoisotopic (exact) mass is 263 g/mol. The molecule has 104 valence electrons. The van der Waals surface area contributed by atoms with Gasteiger partial charge in [0.25, 0.3) is 0 Å². The van der Waals surface area contributed by atoms with Crippen molar-refractivity contribution in [2.75, 3.05) is 18.5 Å². The number of hydrogen-bond donors (Lipinski definition) is 0. The minimum Gasteiger partial charge on any atom is -0.374 e. The van der Waals surface area contributed by atoms with Crippen molar-refractivity contribution in [1.82, 2.24) is 0 Å². The Morgan fingerprint density at radius 1 is 1.32 bits per heavy atom. The number of carbonyl (C=O) groups is 1. The maximum absolute atomic E-state index is 12.9. The van der Waals surface area contributed by atoms with E-state index in [9.17, 15) is 9.18 Å². The number of carbonyl (C=O) groups excluding carboxylic acids is 1. The highest BCUT2D eigenvalue weighted by atomic mass is 19.1. The van der Waals surface area contributed by atoms with Crippen molar-refractivity contribution in [2.45, 2.75) is 32.6 Å². The third kappa shape index (κ3) is 3.34. The fourth-order valence-electron chi connectivity index (χ4n) is 2.91. The smallest absolute Gasteiger partial charge is 0.127 e. The van der Waals surface area contributed by atoms with Crippen LogP contribution in [0.25, 0.3) is 0 Å². The number of aldehydes is 1. The second kappa shape index (κ2) is 5.72. The van der Waals surface area contributed by atoms with Crippen molar-refractivity contribution in [3.05, 3.63) is 30.1 Å². The molecule has 1 aliphatic rings. The highest BCUT2D eigenvalue weighted by Gasteiger charge is 2.35. The summed E-state index contributed by atoms with van der Waals surface area (Å²) in [4.78, 5) is 13.6. The molecule has 0 spiro atoms. The summed E-state index contributed by atoms with van der Waals surface area (Å²) < 4.78 is 12.9. The summed E-state index contributed by atoms with van der Waals surface area (Å²) in [6, 6.07) is 6.45. The van der Waals surface area contributed by atoms with Crippen LogP contribution in [0.5, 0.6) is 0 Å². The predicted molar refractivity (Wildman–Crippen MR) is 75.8 cm³/mol. The predicted octanol–water partition coefficient (Wildman–Crippen LogP) is 3.66. The van der Waals surface area contributed by atoms with Crippen molar-refractivity contribution in [3.63, 3.8) is 0 Å². The minimum absolute atomic E-state index is 0.227. The van der Waals surface area contributed by atoms with Crippen molar-refractivity contribution in [2.24, 2.45) is 11.3 Å². The van der Waals surface area contributed by atoms with Gasteiger partial charge in [-0.25, -0.2) is 4.39 Å². The molecule has 1 aromatic rings. The van der Waals surface area contributed by atoms with Crippen LogP contribution in [0.3, 0.4) is 0 Å². The van der Waals surface area contributed by atoms with Crippen molar-refractivity contribution in [3.8, 4) is 0 Å². The Hall–Kier alpha value is -1.38. The Bertz CT molecular complexity index is 421. The number of anilines is 1. The fourth-order valence-corrected chi connectivity index (χ4v) is 2.91. The van der Waals surface area contributed by atoms with Gasteiger partial charge in [-0.1, -0.05) is 6.92 Å². The number of hydrogen-bond acceptors (Lipinski definition) is 2. The number of nitrogens with zero attached hydrogens (tertiary/aromatic N) is 1. The minimum atomic E-state index is -0.228. The molecule has 0 radical (unpaired) electrons. The Morgan fingerprint density at radius 2 is 1.89 bits per heavy atom. The van der Waals surface area contributed by atoms with E-state index >= 15 is 0 Å². The summed E-state index contributed by atoms with van der Waals surface area (Å²) in [6.45, 7) is 2.97. The van der Waals surface area contributed by atoms with E-state index in [-0.39, 0.29) is 11.2 Å². The molecule has 0 N–H and O–H groups in total. The first-order valence-electron chi connectivity index (χ1n) is 6.98. The van der Waals surface area contributed by atoms with Gasteiger partial charge < -0.3 is 9.69 Å². The van der Waals surface area contributed by atoms with Gasteiger partial charge in [0.2, 0.25) is 0 Å². The lowest BCUT2D eigenvalue weighted by molar-refractivity contribution is -0.117. The third-order valence-electron chi connectivity index (χ3n) is 4.34. The Labute approximate surface area is 114 Å². The highest BCUT2D eigenvalue weighted by molar-refractivity contribution is 5.62. The molecule has 0 heterocycles. The molecule has 0 atom stereocenters. The molecule has 0 aromatic heterocycles. The van der Waals surface area contributed by atoms with Gasteiger partial charge in [0.1, 0.15) is 12.1 Å². The summed E-state index contributed by atoms with van der Waals surface area (Å²) in [5.41, 5.74) is 0.733. The van der Waals surface area contributed by atoms with E-state index in [4.69, 9.17) is 0 Å². The molecule has 0 amide bonds. The quantitative estimate of drug-likeness (QED) is 0.773.